The molecule has 9 heteroatoms. The Hall–Kier alpha value is -2.48. The highest BCUT2D eigenvalue weighted by Crippen LogP contribution is 2.26. The fraction of sp³-hybridized carbons (Fsp3) is 0.526. The summed E-state index contributed by atoms with van der Waals surface area (Å²) in [6.45, 7) is 5.10. The molecule has 28 heavy (non-hydrogen) atoms. The van der Waals surface area contributed by atoms with Gasteiger partial charge in [-0.15, -0.1) is 0 Å². The Kier molecular flexibility index (Phi) is 7.51. The lowest BCUT2D eigenvalue weighted by molar-refractivity contribution is -0.177. The summed E-state index contributed by atoms with van der Waals surface area (Å²) in [5, 5.41) is 9.96. The summed E-state index contributed by atoms with van der Waals surface area (Å²) in [7, 11) is 0. The number of aliphatic carboxylic acids is 1. The Balaban J connectivity index is 2.07. The molecule has 0 unspecified atom stereocenters. The first-order valence-corrected chi connectivity index (χ1v) is 9.40. The summed E-state index contributed by atoms with van der Waals surface area (Å²) >= 11 is 5.93. The average Bonchev–Trinajstić information content (AvgIpc) is 3.05. The predicted molar refractivity (Wildman–Crippen MR) is 100 cm³/mol. The van der Waals surface area contributed by atoms with Gasteiger partial charge in [0.05, 0.1) is 6.54 Å². The second-order valence-corrected chi connectivity index (χ2v) is 7.22. The fourth-order valence-corrected chi connectivity index (χ4v) is 2.91. The van der Waals surface area contributed by atoms with Crippen LogP contribution >= 0.6 is 11.6 Å². The molecule has 0 radical (unpaired) electrons. The number of rotatable bonds is 7. The molecule has 1 aliphatic heterocycles. The van der Waals surface area contributed by atoms with E-state index in [1.54, 1.807) is 45.0 Å². The van der Waals surface area contributed by atoms with Gasteiger partial charge in [-0.25, -0.2) is 9.59 Å². The van der Waals surface area contributed by atoms with Crippen molar-refractivity contribution in [1.29, 1.82) is 0 Å². The molecule has 1 N–H and O–H groups in total. The number of halogens is 1. The molecule has 2 rings (SSSR count). The maximum atomic E-state index is 12.6. The molecule has 0 spiro atoms. The third kappa shape index (κ3) is 5.76. The van der Waals surface area contributed by atoms with Gasteiger partial charge >= 0.3 is 18.0 Å². The summed E-state index contributed by atoms with van der Waals surface area (Å²) < 4.78 is 16.2. The normalized spacial score (nSPS) is 20.0. The van der Waals surface area contributed by atoms with Gasteiger partial charge in [0.25, 0.3) is 6.29 Å². The molecule has 1 fully saturated rings. The van der Waals surface area contributed by atoms with Crippen molar-refractivity contribution in [3.8, 4) is 5.75 Å². The van der Waals surface area contributed by atoms with Crippen molar-refractivity contribution in [2.45, 2.75) is 52.0 Å². The summed E-state index contributed by atoms with van der Waals surface area (Å²) in [4.78, 5) is 36.8. The molecule has 1 amide bonds. The molecule has 0 aromatic heterocycles. The van der Waals surface area contributed by atoms with Crippen LogP contribution in [0.4, 0.5) is 4.79 Å². The minimum atomic E-state index is -1.17. The highest BCUT2D eigenvalue weighted by Gasteiger charge is 2.43. The molecule has 3 atom stereocenters. The zero-order chi connectivity index (χ0) is 20.8. The number of likely N-dealkylation sites (tertiary alicyclic amines) is 1. The van der Waals surface area contributed by atoms with E-state index in [9.17, 15) is 19.5 Å². The van der Waals surface area contributed by atoms with Gasteiger partial charge < -0.3 is 19.3 Å². The van der Waals surface area contributed by atoms with Crippen LogP contribution in [0.3, 0.4) is 0 Å². The Bertz CT molecular complexity index is 724. The topological polar surface area (TPSA) is 102 Å². The quantitative estimate of drug-likeness (QED) is 0.540. The number of carboxylic acids is 1. The van der Waals surface area contributed by atoms with E-state index in [0.29, 0.717) is 10.8 Å². The molecule has 0 saturated carbocycles. The third-order valence-corrected chi connectivity index (χ3v) is 4.41. The average molecular weight is 414 g/mol. The van der Waals surface area contributed by atoms with Crippen LogP contribution in [0.5, 0.6) is 5.75 Å². The second-order valence-electron chi connectivity index (χ2n) is 6.78. The predicted octanol–water partition coefficient (Wildman–Crippen LogP) is 3.32. The zero-order valence-corrected chi connectivity index (χ0v) is 16.7. The maximum Gasteiger partial charge on any atom is 0.413 e. The van der Waals surface area contributed by atoms with Gasteiger partial charge in [0.1, 0.15) is 17.9 Å². The summed E-state index contributed by atoms with van der Waals surface area (Å²) in [6.07, 6.45) is -2.27. The number of nitrogens with zero attached hydrogens (tertiary/aromatic N) is 1. The Morgan fingerprint density at radius 2 is 2.00 bits per heavy atom. The van der Waals surface area contributed by atoms with Crippen LogP contribution in [0.2, 0.25) is 5.02 Å². The lowest BCUT2D eigenvalue weighted by atomic mass is 10.2. The zero-order valence-electron chi connectivity index (χ0n) is 16.0. The molecule has 1 aromatic carbocycles. The smallest absolute Gasteiger partial charge is 0.413 e. The van der Waals surface area contributed by atoms with E-state index in [4.69, 9.17) is 25.8 Å². The lowest BCUT2D eigenvalue weighted by Gasteiger charge is -2.26. The Morgan fingerprint density at radius 3 is 2.57 bits per heavy atom. The van der Waals surface area contributed by atoms with Crippen molar-refractivity contribution in [2.24, 2.45) is 5.92 Å². The number of carbonyl (C=O) groups is 3. The van der Waals surface area contributed by atoms with Crippen molar-refractivity contribution >= 4 is 29.6 Å². The van der Waals surface area contributed by atoms with Gasteiger partial charge in [-0.3, -0.25) is 9.69 Å². The van der Waals surface area contributed by atoms with Gasteiger partial charge in [0.2, 0.25) is 0 Å². The van der Waals surface area contributed by atoms with Crippen LogP contribution in [-0.4, -0.2) is 53.0 Å². The summed E-state index contributed by atoms with van der Waals surface area (Å²) in [5.41, 5.74) is 0. The standard InChI is InChI=1S/C19H24ClNO7/c1-4-16(22)27-18(11(2)3)28-19(25)21-10-14(9-15(21)17(23)24)26-13-7-5-6-12(20)8-13/h5-8,11,14-15,18H,4,9-10H2,1-3H3,(H,23,24)/t14-,15-,18-/m0/s1. The second kappa shape index (κ2) is 9.64. The summed E-state index contributed by atoms with van der Waals surface area (Å²) in [5.74, 6) is -1.48. The van der Waals surface area contributed by atoms with E-state index in [2.05, 4.69) is 0 Å². The molecule has 154 valence electrons. The number of hydrogen-bond acceptors (Lipinski definition) is 6. The molecular weight excluding hydrogens is 390 g/mol. The van der Waals surface area contributed by atoms with E-state index >= 15 is 0 Å². The van der Waals surface area contributed by atoms with Crippen molar-refractivity contribution in [2.75, 3.05) is 6.54 Å². The van der Waals surface area contributed by atoms with Crippen LogP contribution < -0.4 is 4.74 Å². The number of benzene rings is 1. The highest BCUT2D eigenvalue weighted by molar-refractivity contribution is 6.30. The highest BCUT2D eigenvalue weighted by atomic mass is 35.5. The van der Waals surface area contributed by atoms with Crippen LogP contribution in [-0.2, 0) is 19.1 Å². The van der Waals surface area contributed by atoms with E-state index < -0.39 is 36.5 Å². The number of carboxylic acid groups (broad SMARTS) is 1. The van der Waals surface area contributed by atoms with Gasteiger partial charge in [0.15, 0.2) is 0 Å². The molecule has 8 nitrogen and oxygen atoms in total. The van der Waals surface area contributed by atoms with Gasteiger partial charge in [-0.2, -0.15) is 0 Å². The number of hydrogen-bond donors (Lipinski definition) is 1. The lowest BCUT2D eigenvalue weighted by Crippen LogP contribution is -2.43. The monoisotopic (exact) mass is 413 g/mol. The molecular formula is C19H24ClNO7. The van der Waals surface area contributed by atoms with Crippen molar-refractivity contribution in [3.05, 3.63) is 29.3 Å². The number of esters is 1. The first-order chi connectivity index (χ1) is 13.2. The van der Waals surface area contributed by atoms with Crippen LogP contribution in [0.1, 0.15) is 33.6 Å². The molecule has 1 saturated heterocycles. The third-order valence-electron chi connectivity index (χ3n) is 4.18. The van der Waals surface area contributed by atoms with Gasteiger partial charge in [-0.1, -0.05) is 38.4 Å². The van der Waals surface area contributed by atoms with Crippen molar-refractivity contribution in [1.82, 2.24) is 4.90 Å². The van der Waals surface area contributed by atoms with E-state index in [1.807, 2.05) is 0 Å². The largest absolute Gasteiger partial charge is 0.488 e. The van der Waals surface area contributed by atoms with Gasteiger partial charge in [0, 0.05) is 23.8 Å². The molecule has 1 heterocycles. The minimum Gasteiger partial charge on any atom is -0.488 e. The van der Waals surface area contributed by atoms with E-state index in [-0.39, 0.29) is 25.3 Å². The number of amides is 1. The van der Waals surface area contributed by atoms with Crippen molar-refractivity contribution in [3.63, 3.8) is 0 Å². The summed E-state index contributed by atoms with van der Waals surface area (Å²) in [6, 6.07) is 5.60. The molecule has 1 aliphatic rings. The molecule has 1 aromatic rings. The Morgan fingerprint density at radius 1 is 1.29 bits per heavy atom. The van der Waals surface area contributed by atoms with E-state index in [1.165, 1.54) is 0 Å². The first kappa shape index (κ1) is 21.8. The minimum absolute atomic E-state index is 0.0227. The van der Waals surface area contributed by atoms with Crippen LogP contribution in [0.25, 0.3) is 0 Å². The van der Waals surface area contributed by atoms with Crippen LogP contribution in [0.15, 0.2) is 24.3 Å². The van der Waals surface area contributed by atoms with Crippen LogP contribution in [0, 0.1) is 5.92 Å². The number of ether oxygens (including phenoxy) is 3. The maximum absolute atomic E-state index is 12.6. The molecule has 0 aliphatic carbocycles. The van der Waals surface area contributed by atoms with Crippen molar-refractivity contribution < 1.29 is 33.7 Å². The van der Waals surface area contributed by atoms with Gasteiger partial charge in [-0.05, 0) is 18.2 Å². The Labute approximate surface area is 168 Å². The fourth-order valence-electron chi connectivity index (χ4n) is 2.73. The SMILES string of the molecule is CCC(=O)O[C@@H](OC(=O)N1C[C@@H](Oc2cccc(Cl)c2)C[C@H]1C(=O)O)C(C)C. The van der Waals surface area contributed by atoms with E-state index in [0.717, 1.165) is 4.90 Å². The molecule has 0 bridgehead atoms. The number of carbonyl (C=O) groups excluding carboxylic acids is 2. The first-order valence-electron chi connectivity index (χ1n) is 9.03.